The summed E-state index contributed by atoms with van der Waals surface area (Å²) < 4.78 is -0.412. The SMILES string of the molecule is CC1(C)C(=O)C(C)(C)C12SC[C@@H]1C(=O)[C@H]3[C@@H](C(=O)[C@@H]12)[C@H]1C=C[C@H]3C1. The first-order valence-electron chi connectivity index (χ1n) is 9.11. The molecule has 128 valence electrons. The summed E-state index contributed by atoms with van der Waals surface area (Å²) >= 11 is 1.74. The summed E-state index contributed by atoms with van der Waals surface area (Å²) in [5, 5.41) is 0. The Morgan fingerprint density at radius 1 is 0.917 bits per heavy atom. The van der Waals surface area contributed by atoms with Gasteiger partial charge in [-0.25, -0.2) is 0 Å². The molecule has 0 radical (unpaired) electrons. The van der Waals surface area contributed by atoms with Crippen LogP contribution in [-0.2, 0) is 14.4 Å². The molecule has 4 aliphatic carbocycles. The summed E-state index contributed by atoms with van der Waals surface area (Å²) in [4.78, 5) is 39.6. The van der Waals surface area contributed by atoms with E-state index < -0.39 is 15.6 Å². The van der Waals surface area contributed by atoms with Crippen LogP contribution < -0.4 is 0 Å². The molecule has 4 heteroatoms. The van der Waals surface area contributed by atoms with Crippen LogP contribution in [0.4, 0.5) is 0 Å². The van der Waals surface area contributed by atoms with Gasteiger partial charge in [0.2, 0.25) is 0 Å². The van der Waals surface area contributed by atoms with Gasteiger partial charge < -0.3 is 0 Å². The number of thioether (sulfide) groups is 1. The van der Waals surface area contributed by atoms with Crippen LogP contribution in [-0.4, -0.2) is 27.8 Å². The van der Waals surface area contributed by atoms with Gasteiger partial charge in [-0.2, -0.15) is 11.8 Å². The lowest BCUT2D eigenvalue weighted by molar-refractivity contribution is -0.173. The van der Waals surface area contributed by atoms with Crippen LogP contribution in [0.25, 0.3) is 0 Å². The molecule has 1 saturated heterocycles. The summed E-state index contributed by atoms with van der Waals surface area (Å²) in [6.45, 7) is 7.95. The molecule has 5 aliphatic rings. The molecule has 5 rings (SSSR count). The lowest BCUT2D eigenvalue weighted by Gasteiger charge is -2.66. The maximum absolute atomic E-state index is 13.6. The van der Waals surface area contributed by atoms with Gasteiger partial charge in [-0.05, 0) is 18.3 Å². The van der Waals surface area contributed by atoms with Crippen molar-refractivity contribution in [3.05, 3.63) is 12.2 Å². The van der Waals surface area contributed by atoms with Gasteiger partial charge in [-0.15, -0.1) is 0 Å². The molecule has 0 unspecified atom stereocenters. The first kappa shape index (κ1) is 15.4. The molecule has 4 fully saturated rings. The van der Waals surface area contributed by atoms with Crippen LogP contribution in [0, 0.1) is 46.3 Å². The largest absolute Gasteiger partial charge is 0.299 e. The van der Waals surface area contributed by atoms with Crippen molar-refractivity contribution in [2.75, 3.05) is 5.75 Å². The van der Waals surface area contributed by atoms with Crippen LogP contribution in [0.2, 0.25) is 0 Å². The molecule has 0 aromatic carbocycles. The molecule has 24 heavy (non-hydrogen) atoms. The molecule has 1 aliphatic heterocycles. The summed E-state index contributed by atoms with van der Waals surface area (Å²) in [6.07, 6.45) is 5.29. The molecule has 6 atom stereocenters. The summed E-state index contributed by atoms with van der Waals surface area (Å²) in [6, 6.07) is 0. The molecule has 1 heterocycles. The predicted molar refractivity (Wildman–Crippen MR) is 92.5 cm³/mol. The molecule has 3 saturated carbocycles. The second-order valence-electron chi connectivity index (χ2n) is 9.51. The van der Waals surface area contributed by atoms with Gasteiger partial charge in [-0.1, -0.05) is 39.8 Å². The molecule has 0 aromatic heterocycles. The second kappa shape index (κ2) is 4.08. The molecule has 1 spiro atoms. The molecule has 0 aromatic rings. The Bertz CT molecular complexity index is 713. The predicted octanol–water partition coefficient (Wildman–Crippen LogP) is 2.93. The smallest absolute Gasteiger partial charge is 0.146 e. The number of hydrogen-bond donors (Lipinski definition) is 0. The number of fused-ring (bicyclic) bond motifs is 7. The maximum atomic E-state index is 13.6. The van der Waals surface area contributed by atoms with Crippen molar-refractivity contribution in [2.45, 2.75) is 38.9 Å². The van der Waals surface area contributed by atoms with E-state index in [1.54, 1.807) is 11.8 Å². The maximum Gasteiger partial charge on any atom is 0.146 e. The average molecular weight is 344 g/mol. The van der Waals surface area contributed by atoms with Crippen molar-refractivity contribution in [1.82, 2.24) is 0 Å². The zero-order valence-electron chi connectivity index (χ0n) is 14.7. The third-order valence-electron chi connectivity index (χ3n) is 8.11. The van der Waals surface area contributed by atoms with Gasteiger partial charge in [0.15, 0.2) is 0 Å². The highest BCUT2D eigenvalue weighted by Crippen LogP contribution is 2.75. The highest BCUT2D eigenvalue weighted by molar-refractivity contribution is 8.01. The third kappa shape index (κ3) is 1.26. The van der Waals surface area contributed by atoms with Gasteiger partial charge in [0.25, 0.3) is 0 Å². The first-order valence-corrected chi connectivity index (χ1v) is 10.1. The quantitative estimate of drug-likeness (QED) is 0.634. The first-order chi connectivity index (χ1) is 11.2. The number of Topliss-reactive ketones (excluding diaryl/α,β-unsaturated/α-hetero) is 3. The van der Waals surface area contributed by atoms with Gasteiger partial charge >= 0.3 is 0 Å². The van der Waals surface area contributed by atoms with E-state index in [1.807, 2.05) is 27.7 Å². The van der Waals surface area contributed by atoms with E-state index in [-0.39, 0.29) is 41.3 Å². The number of ketones is 3. The monoisotopic (exact) mass is 344 g/mol. The molecule has 0 amide bonds. The fourth-order valence-corrected chi connectivity index (χ4v) is 9.53. The van der Waals surface area contributed by atoms with E-state index >= 15 is 0 Å². The molecular weight excluding hydrogens is 320 g/mol. The minimum absolute atomic E-state index is 0.0773. The van der Waals surface area contributed by atoms with Crippen molar-refractivity contribution in [3.8, 4) is 0 Å². The summed E-state index contributed by atoms with van der Waals surface area (Å²) in [5.41, 5.74) is -1.06. The van der Waals surface area contributed by atoms with E-state index in [2.05, 4.69) is 12.2 Å². The fourth-order valence-electron chi connectivity index (χ4n) is 7.36. The highest BCUT2D eigenvalue weighted by atomic mass is 32.2. The van der Waals surface area contributed by atoms with Gasteiger partial charge in [0, 0.05) is 40.3 Å². The molecule has 2 bridgehead atoms. The van der Waals surface area contributed by atoms with Crippen LogP contribution in [0.5, 0.6) is 0 Å². The van der Waals surface area contributed by atoms with E-state index in [4.69, 9.17) is 0 Å². The molecular formula is C20H24O3S. The topological polar surface area (TPSA) is 51.2 Å². The number of hydrogen-bond acceptors (Lipinski definition) is 4. The van der Waals surface area contributed by atoms with Gasteiger partial charge in [0.05, 0.1) is 4.75 Å². The van der Waals surface area contributed by atoms with Crippen LogP contribution in [0.1, 0.15) is 34.1 Å². The van der Waals surface area contributed by atoms with E-state index in [1.165, 1.54) is 0 Å². The van der Waals surface area contributed by atoms with Crippen LogP contribution in [0.3, 0.4) is 0 Å². The Kier molecular flexibility index (Phi) is 2.61. The highest BCUT2D eigenvalue weighted by Gasteiger charge is 2.81. The Hall–Kier alpha value is -0.900. The lowest BCUT2D eigenvalue weighted by Crippen LogP contribution is -2.76. The minimum atomic E-state index is -0.531. The zero-order chi connectivity index (χ0) is 17.2. The van der Waals surface area contributed by atoms with E-state index in [0.29, 0.717) is 17.3 Å². The summed E-state index contributed by atoms with van der Waals surface area (Å²) in [5.74, 6) is 1.44. The summed E-state index contributed by atoms with van der Waals surface area (Å²) in [7, 11) is 0. The van der Waals surface area contributed by atoms with Crippen molar-refractivity contribution >= 4 is 29.1 Å². The van der Waals surface area contributed by atoms with Gasteiger partial charge in [0.1, 0.15) is 17.3 Å². The number of carbonyl (C=O) groups is 3. The van der Waals surface area contributed by atoms with Crippen molar-refractivity contribution in [3.63, 3.8) is 0 Å². The van der Waals surface area contributed by atoms with Crippen molar-refractivity contribution in [2.24, 2.45) is 46.3 Å². The van der Waals surface area contributed by atoms with Gasteiger partial charge in [-0.3, -0.25) is 14.4 Å². The van der Waals surface area contributed by atoms with E-state index in [9.17, 15) is 14.4 Å². The number of carbonyl (C=O) groups excluding carboxylic acids is 3. The second-order valence-corrected chi connectivity index (χ2v) is 10.8. The van der Waals surface area contributed by atoms with E-state index in [0.717, 1.165) is 6.42 Å². The van der Waals surface area contributed by atoms with Crippen LogP contribution >= 0.6 is 11.8 Å². The number of allylic oxidation sites excluding steroid dienone is 2. The third-order valence-corrected chi connectivity index (χ3v) is 10.4. The zero-order valence-corrected chi connectivity index (χ0v) is 15.5. The Balaban J connectivity index is 1.65. The number of rotatable bonds is 0. The molecule has 3 nitrogen and oxygen atoms in total. The lowest BCUT2D eigenvalue weighted by atomic mass is 9.40. The van der Waals surface area contributed by atoms with Crippen molar-refractivity contribution in [1.29, 1.82) is 0 Å². The molecule has 0 N–H and O–H groups in total. The standard InChI is InChI=1S/C20H24O3S/c1-18(2)17(23)19(3,4)20(18)14-11(8-24-20)15(21)12-9-5-6-10(7-9)13(12)16(14)22/h5-6,9-14H,7-8H2,1-4H3/t9-,10-,11-,12+,13-,14+/m0/s1. The van der Waals surface area contributed by atoms with Crippen LogP contribution in [0.15, 0.2) is 12.2 Å². The average Bonchev–Trinajstić information content (AvgIpc) is 3.23. The fraction of sp³-hybridized carbons (Fsp3) is 0.750. The Morgan fingerprint density at radius 2 is 1.46 bits per heavy atom. The Labute approximate surface area is 147 Å². The minimum Gasteiger partial charge on any atom is -0.299 e. The Morgan fingerprint density at radius 3 is 2.04 bits per heavy atom. The van der Waals surface area contributed by atoms with Crippen molar-refractivity contribution < 1.29 is 14.4 Å². The normalized spacial score (nSPS) is 48.6.